The molecule has 0 saturated carbocycles. The van der Waals surface area contributed by atoms with E-state index in [9.17, 15) is 9.90 Å². The predicted octanol–water partition coefficient (Wildman–Crippen LogP) is 2.66. The molecule has 0 aliphatic rings. The third-order valence-corrected chi connectivity index (χ3v) is 4.20. The summed E-state index contributed by atoms with van der Waals surface area (Å²) in [5.74, 6) is 1.37. The molecule has 2 aromatic carbocycles. The normalized spacial score (nSPS) is 11.9. The van der Waals surface area contributed by atoms with Gasteiger partial charge in [-0.2, -0.15) is 0 Å². The molecule has 6 heteroatoms. The van der Waals surface area contributed by atoms with E-state index in [1.54, 1.807) is 24.3 Å². The summed E-state index contributed by atoms with van der Waals surface area (Å²) in [6.07, 6.45) is -0.355. The molecule has 1 atom stereocenters. The Morgan fingerprint density at radius 3 is 2.56 bits per heavy atom. The van der Waals surface area contributed by atoms with Gasteiger partial charge in [-0.05, 0) is 36.8 Å². The highest BCUT2D eigenvalue weighted by atomic mass is 16.5. The number of oxazole rings is 1. The summed E-state index contributed by atoms with van der Waals surface area (Å²) in [4.78, 5) is 15.5. The van der Waals surface area contributed by atoms with Crippen molar-refractivity contribution in [1.29, 1.82) is 0 Å². The first-order chi connectivity index (χ1) is 13.0. The van der Waals surface area contributed by atoms with Crippen molar-refractivity contribution in [2.24, 2.45) is 5.73 Å². The summed E-state index contributed by atoms with van der Waals surface area (Å²) in [6.45, 7) is 2.36. The number of carbonyl (C=O) groups is 1. The van der Waals surface area contributed by atoms with E-state index in [0.717, 1.165) is 22.6 Å². The lowest BCUT2D eigenvalue weighted by Crippen LogP contribution is -2.29. The van der Waals surface area contributed by atoms with Gasteiger partial charge in [0.1, 0.15) is 17.6 Å². The highest BCUT2D eigenvalue weighted by Gasteiger charge is 2.12. The van der Waals surface area contributed by atoms with Crippen LogP contribution in [0.1, 0.15) is 17.0 Å². The maximum atomic E-state index is 10.9. The van der Waals surface area contributed by atoms with Crippen molar-refractivity contribution in [3.05, 3.63) is 71.6 Å². The van der Waals surface area contributed by atoms with E-state index in [0.29, 0.717) is 24.7 Å². The summed E-state index contributed by atoms with van der Waals surface area (Å²) in [6, 6.07) is 17.0. The summed E-state index contributed by atoms with van der Waals surface area (Å²) >= 11 is 0. The number of benzene rings is 2. The molecule has 0 aliphatic heterocycles. The van der Waals surface area contributed by atoms with Crippen molar-refractivity contribution in [2.45, 2.75) is 25.9 Å². The second kappa shape index (κ2) is 8.51. The molecule has 0 fully saturated rings. The molecule has 1 amide bonds. The summed E-state index contributed by atoms with van der Waals surface area (Å²) < 4.78 is 11.5. The van der Waals surface area contributed by atoms with Gasteiger partial charge in [-0.1, -0.05) is 30.3 Å². The Bertz CT molecular complexity index is 888. The minimum atomic E-state index is -1.18. The number of aliphatic hydroxyl groups excluding tert-OH is 1. The van der Waals surface area contributed by atoms with Crippen LogP contribution < -0.4 is 10.5 Å². The number of carbonyl (C=O) groups excluding carboxylic acids is 1. The van der Waals surface area contributed by atoms with Crippen LogP contribution in [0.25, 0.3) is 11.5 Å². The average Bonchev–Trinajstić information content (AvgIpc) is 3.04. The number of hydrogen-bond acceptors (Lipinski definition) is 5. The third kappa shape index (κ3) is 4.95. The quantitative estimate of drug-likeness (QED) is 0.639. The number of ether oxygens (including phenoxy) is 1. The maximum absolute atomic E-state index is 10.9. The van der Waals surface area contributed by atoms with E-state index < -0.39 is 12.0 Å². The minimum absolute atomic E-state index is 0.190. The van der Waals surface area contributed by atoms with E-state index in [-0.39, 0.29) is 6.42 Å². The van der Waals surface area contributed by atoms with E-state index in [2.05, 4.69) is 4.98 Å². The zero-order chi connectivity index (χ0) is 19.2. The van der Waals surface area contributed by atoms with Crippen molar-refractivity contribution in [2.75, 3.05) is 6.61 Å². The van der Waals surface area contributed by atoms with Gasteiger partial charge in [0, 0.05) is 18.4 Å². The van der Waals surface area contributed by atoms with Gasteiger partial charge in [-0.25, -0.2) is 4.98 Å². The summed E-state index contributed by atoms with van der Waals surface area (Å²) in [7, 11) is 0. The Labute approximate surface area is 157 Å². The van der Waals surface area contributed by atoms with Crippen molar-refractivity contribution in [1.82, 2.24) is 4.98 Å². The number of aliphatic hydroxyl groups is 1. The van der Waals surface area contributed by atoms with Crippen LogP contribution >= 0.6 is 0 Å². The Morgan fingerprint density at radius 2 is 1.89 bits per heavy atom. The largest absolute Gasteiger partial charge is 0.493 e. The summed E-state index contributed by atoms with van der Waals surface area (Å²) in [5, 5.41) is 9.51. The van der Waals surface area contributed by atoms with E-state index in [1.807, 2.05) is 37.3 Å². The Balaban J connectivity index is 1.54. The maximum Gasteiger partial charge on any atom is 0.246 e. The van der Waals surface area contributed by atoms with Gasteiger partial charge >= 0.3 is 0 Å². The summed E-state index contributed by atoms with van der Waals surface area (Å²) in [5.41, 5.74) is 7.69. The number of amides is 1. The van der Waals surface area contributed by atoms with Crippen LogP contribution in [0, 0.1) is 6.92 Å². The fraction of sp³-hybridized carbons (Fsp3) is 0.238. The fourth-order valence-corrected chi connectivity index (χ4v) is 2.68. The fourth-order valence-electron chi connectivity index (χ4n) is 2.68. The Morgan fingerprint density at radius 1 is 1.19 bits per heavy atom. The molecule has 3 N–H and O–H groups in total. The zero-order valence-corrected chi connectivity index (χ0v) is 15.1. The molecule has 1 heterocycles. The first-order valence-electron chi connectivity index (χ1n) is 8.74. The van der Waals surface area contributed by atoms with Gasteiger partial charge in [-0.3, -0.25) is 4.79 Å². The van der Waals surface area contributed by atoms with Crippen molar-refractivity contribution >= 4 is 5.91 Å². The second-order valence-corrected chi connectivity index (χ2v) is 6.25. The van der Waals surface area contributed by atoms with Crippen molar-refractivity contribution < 1.29 is 19.1 Å². The topological polar surface area (TPSA) is 98.6 Å². The standard InChI is InChI=1S/C21H22N2O4/c1-14-18(23-21(27-14)16-5-3-2-4-6-16)11-12-26-17-9-7-15(8-10-17)13-19(24)20(22)25/h2-10,19,24H,11-13H2,1H3,(H2,22,25). The number of aryl methyl sites for hydroxylation is 1. The van der Waals surface area contributed by atoms with E-state index in [1.165, 1.54) is 0 Å². The smallest absolute Gasteiger partial charge is 0.246 e. The second-order valence-electron chi connectivity index (χ2n) is 6.25. The molecule has 0 bridgehead atoms. The van der Waals surface area contributed by atoms with Crippen LogP contribution in [0.4, 0.5) is 0 Å². The lowest BCUT2D eigenvalue weighted by atomic mass is 10.1. The van der Waals surface area contributed by atoms with Gasteiger partial charge in [0.25, 0.3) is 0 Å². The Kier molecular flexibility index (Phi) is 5.88. The number of nitrogens with zero attached hydrogens (tertiary/aromatic N) is 1. The molecule has 0 spiro atoms. The van der Waals surface area contributed by atoms with Crippen molar-refractivity contribution in [3.63, 3.8) is 0 Å². The van der Waals surface area contributed by atoms with Crippen LogP contribution in [0.15, 0.2) is 59.0 Å². The van der Waals surface area contributed by atoms with Gasteiger partial charge in [0.05, 0.1) is 12.3 Å². The Hall–Kier alpha value is -3.12. The lowest BCUT2D eigenvalue weighted by Gasteiger charge is -2.08. The lowest BCUT2D eigenvalue weighted by molar-refractivity contribution is -0.125. The third-order valence-electron chi connectivity index (χ3n) is 4.20. The molecular weight excluding hydrogens is 344 g/mol. The molecule has 0 aliphatic carbocycles. The van der Waals surface area contributed by atoms with Crippen LogP contribution in [0.2, 0.25) is 0 Å². The first kappa shape index (κ1) is 18.7. The van der Waals surface area contributed by atoms with Gasteiger partial charge in [0.15, 0.2) is 0 Å². The van der Waals surface area contributed by atoms with Crippen molar-refractivity contribution in [3.8, 4) is 17.2 Å². The van der Waals surface area contributed by atoms with Gasteiger partial charge in [-0.15, -0.1) is 0 Å². The minimum Gasteiger partial charge on any atom is -0.493 e. The number of hydrogen-bond donors (Lipinski definition) is 2. The molecule has 0 radical (unpaired) electrons. The molecule has 140 valence electrons. The molecule has 0 saturated heterocycles. The van der Waals surface area contributed by atoms with Gasteiger partial charge in [0.2, 0.25) is 11.8 Å². The van der Waals surface area contributed by atoms with Crippen LogP contribution in [0.3, 0.4) is 0 Å². The van der Waals surface area contributed by atoms with Crippen LogP contribution in [-0.2, 0) is 17.6 Å². The zero-order valence-electron chi connectivity index (χ0n) is 15.1. The van der Waals surface area contributed by atoms with Crippen LogP contribution in [0.5, 0.6) is 5.75 Å². The monoisotopic (exact) mass is 366 g/mol. The van der Waals surface area contributed by atoms with E-state index >= 15 is 0 Å². The molecule has 1 unspecified atom stereocenters. The molecule has 3 rings (SSSR count). The molecule has 27 heavy (non-hydrogen) atoms. The molecule has 6 nitrogen and oxygen atoms in total. The highest BCUT2D eigenvalue weighted by Crippen LogP contribution is 2.22. The van der Waals surface area contributed by atoms with Crippen LogP contribution in [-0.4, -0.2) is 28.7 Å². The number of aromatic nitrogens is 1. The predicted molar refractivity (Wildman–Crippen MR) is 101 cm³/mol. The number of nitrogens with two attached hydrogens (primary N) is 1. The van der Waals surface area contributed by atoms with Gasteiger partial charge < -0.3 is 20.0 Å². The molecule has 1 aromatic heterocycles. The number of rotatable bonds is 8. The molecular formula is C21H22N2O4. The van der Waals surface area contributed by atoms with E-state index in [4.69, 9.17) is 14.9 Å². The number of primary amides is 1. The average molecular weight is 366 g/mol. The first-order valence-corrected chi connectivity index (χ1v) is 8.74. The SMILES string of the molecule is Cc1oc(-c2ccccc2)nc1CCOc1ccc(CC(O)C(N)=O)cc1. The highest BCUT2D eigenvalue weighted by molar-refractivity contribution is 5.78. The molecule has 3 aromatic rings.